The van der Waals surface area contributed by atoms with Gasteiger partial charge in [0.15, 0.2) is 5.82 Å². The SMILES string of the molecule is CN(C)c1nc(N)nc2c(-c3ccc4[nH]ncc4c3)c[nH]c12. The van der Waals surface area contributed by atoms with E-state index >= 15 is 0 Å². The summed E-state index contributed by atoms with van der Waals surface area (Å²) in [5.41, 5.74) is 10.6. The monoisotopic (exact) mass is 293 g/mol. The lowest BCUT2D eigenvalue weighted by molar-refractivity contribution is 1.06. The second-order valence-corrected chi connectivity index (χ2v) is 5.40. The van der Waals surface area contributed by atoms with E-state index in [0.717, 1.165) is 38.9 Å². The van der Waals surface area contributed by atoms with Crippen LogP contribution in [-0.4, -0.2) is 39.2 Å². The van der Waals surface area contributed by atoms with E-state index in [2.05, 4.69) is 31.2 Å². The quantitative estimate of drug-likeness (QED) is 0.526. The van der Waals surface area contributed by atoms with Crippen LogP contribution in [-0.2, 0) is 0 Å². The Morgan fingerprint density at radius 1 is 1.18 bits per heavy atom. The predicted octanol–water partition coefficient (Wildman–Crippen LogP) is 2.15. The maximum Gasteiger partial charge on any atom is 0.222 e. The van der Waals surface area contributed by atoms with Gasteiger partial charge in [0.05, 0.1) is 11.7 Å². The van der Waals surface area contributed by atoms with Crippen LogP contribution >= 0.6 is 0 Å². The van der Waals surface area contributed by atoms with Crippen molar-refractivity contribution in [2.24, 2.45) is 0 Å². The molecular weight excluding hydrogens is 278 g/mol. The first kappa shape index (κ1) is 12.6. The average Bonchev–Trinajstić information content (AvgIpc) is 3.11. The lowest BCUT2D eigenvalue weighted by atomic mass is 10.1. The summed E-state index contributed by atoms with van der Waals surface area (Å²) in [5, 5.41) is 8.06. The Kier molecular flexibility index (Phi) is 2.56. The fraction of sp³-hybridized carbons (Fsp3) is 0.133. The van der Waals surface area contributed by atoms with E-state index in [9.17, 15) is 0 Å². The van der Waals surface area contributed by atoms with Gasteiger partial charge in [0.1, 0.15) is 11.0 Å². The minimum atomic E-state index is 0.265. The molecule has 0 saturated carbocycles. The van der Waals surface area contributed by atoms with Gasteiger partial charge in [-0.05, 0) is 17.7 Å². The first-order chi connectivity index (χ1) is 10.6. The van der Waals surface area contributed by atoms with E-state index in [0.29, 0.717) is 0 Å². The van der Waals surface area contributed by atoms with E-state index in [1.54, 1.807) is 0 Å². The second-order valence-electron chi connectivity index (χ2n) is 5.40. The third-order valence-corrected chi connectivity index (χ3v) is 3.70. The third kappa shape index (κ3) is 1.79. The first-order valence-electron chi connectivity index (χ1n) is 6.89. The Morgan fingerprint density at radius 3 is 2.86 bits per heavy atom. The fourth-order valence-electron chi connectivity index (χ4n) is 2.66. The molecule has 7 heteroatoms. The van der Waals surface area contributed by atoms with Gasteiger partial charge in [-0.25, -0.2) is 4.98 Å². The molecule has 0 unspecified atom stereocenters. The van der Waals surface area contributed by atoms with Crippen LogP contribution in [0, 0.1) is 0 Å². The second kappa shape index (κ2) is 4.45. The van der Waals surface area contributed by atoms with Crippen molar-refractivity contribution in [1.29, 1.82) is 0 Å². The van der Waals surface area contributed by atoms with Crippen molar-refractivity contribution in [3.05, 3.63) is 30.6 Å². The lowest BCUT2D eigenvalue weighted by Crippen LogP contribution is -2.13. The predicted molar refractivity (Wildman–Crippen MR) is 87.7 cm³/mol. The van der Waals surface area contributed by atoms with Gasteiger partial charge in [-0.15, -0.1) is 0 Å². The molecule has 0 radical (unpaired) electrons. The number of nitrogens with two attached hydrogens (primary N) is 1. The minimum absolute atomic E-state index is 0.265. The summed E-state index contributed by atoms with van der Waals surface area (Å²) in [6.45, 7) is 0. The van der Waals surface area contributed by atoms with E-state index in [1.807, 2.05) is 43.5 Å². The topological polar surface area (TPSA) is 99.5 Å². The van der Waals surface area contributed by atoms with Gasteiger partial charge in [0.2, 0.25) is 5.95 Å². The van der Waals surface area contributed by atoms with Crippen LogP contribution in [0.25, 0.3) is 33.1 Å². The highest BCUT2D eigenvalue weighted by Crippen LogP contribution is 2.32. The largest absolute Gasteiger partial charge is 0.368 e. The summed E-state index contributed by atoms with van der Waals surface area (Å²) >= 11 is 0. The van der Waals surface area contributed by atoms with E-state index < -0.39 is 0 Å². The van der Waals surface area contributed by atoms with Crippen molar-refractivity contribution in [3.8, 4) is 11.1 Å². The summed E-state index contributed by atoms with van der Waals surface area (Å²) in [6, 6.07) is 6.12. The molecule has 110 valence electrons. The number of aromatic nitrogens is 5. The highest BCUT2D eigenvalue weighted by molar-refractivity contribution is 5.99. The molecule has 4 rings (SSSR count). The molecular formula is C15H15N7. The summed E-state index contributed by atoms with van der Waals surface area (Å²) in [4.78, 5) is 13.9. The molecule has 0 aliphatic heterocycles. The molecule has 7 nitrogen and oxygen atoms in total. The molecule has 0 aliphatic rings. The van der Waals surface area contributed by atoms with Crippen LogP contribution in [0.1, 0.15) is 0 Å². The van der Waals surface area contributed by atoms with E-state index in [4.69, 9.17) is 5.73 Å². The van der Waals surface area contributed by atoms with Crippen molar-refractivity contribution < 1.29 is 0 Å². The fourth-order valence-corrected chi connectivity index (χ4v) is 2.66. The Balaban J connectivity index is 1.98. The zero-order chi connectivity index (χ0) is 15.3. The number of nitrogen functional groups attached to an aromatic ring is 1. The zero-order valence-electron chi connectivity index (χ0n) is 12.3. The van der Waals surface area contributed by atoms with Gasteiger partial charge in [-0.1, -0.05) is 6.07 Å². The third-order valence-electron chi connectivity index (χ3n) is 3.70. The van der Waals surface area contributed by atoms with Crippen LogP contribution in [0.2, 0.25) is 0 Å². The van der Waals surface area contributed by atoms with Crippen molar-refractivity contribution in [1.82, 2.24) is 25.1 Å². The van der Waals surface area contributed by atoms with E-state index in [1.165, 1.54) is 0 Å². The Labute approximate surface area is 126 Å². The Morgan fingerprint density at radius 2 is 2.05 bits per heavy atom. The summed E-state index contributed by atoms with van der Waals surface area (Å²) in [6.07, 6.45) is 3.75. The molecule has 0 amide bonds. The number of benzene rings is 1. The van der Waals surface area contributed by atoms with Crippen molar-refractivity contribution in [3.63, 3.8) is 0 Å². The normalized spacial score (nSPS) is 11.4. The number of hydrogen-bond donors (Lipinski definition) is 3. The summed E-state index contributed by atoms with van der Waals surface area (Å²) < 4.78 is 0. The number of nitrogens with zero attached hydrogens (tertiary/aromatic N) is 4. The zero-order valence-corrected chi connectivity index (χ0v) is 12.3. The standard InChI is InChI=1S/C15H15N7/c1-22(2)14-13-12(19-15(16)20-14)10(7-17-13)8-3-4-11-9(5-8)6-18-21-11/h3-7,17H,1-2H3,(H,18,21)(H2,16,19,20). The van der Waals surface area contributed by atoms with E-state index in [-0.39, 0.29) is 5.95 Å². The molecule has 3 heterocycles. The maximum absolute atomic E-state index is 5.86. The Hall–Kier alpha value is -3.09. The molecule has 0 bridgehead atoms. The number of aromatic amines is 2. The van der Waals surface area contributed by atoms with Crippen molar-refractivity contribution in [2.45, 2.75) is 0 Å². The van der Waals surface area contributed by atoms with Crippen molar-refractivity contribution in [2.75, 3.05) is 24.7 Å². The molecule has 4 N–H and O–H groups in total. The smallest absolute Gasteiger partial charge is 0.222 e. The molecule has 4 aromatic rings. The molecule has 0 aliphatic carbocycles. The number of fused-ring (bicyclic) bond motifs is 2. The molecule has 22 heavy (non-hydrogen) atoms. The van der Waals surface area contributed by atoms with Crippen LogP contribution in [0.4, 0.5) is 11.8 Å². The molecule has 0 atom stereocenters. The highest BCUT2D eigenvalue weighted by atomic mass is 15.2. The molecule has 0 fully saturated rings. The minimum Gasteiger partial charge on any atom is -0.368 e. The van der Waals surface area contributed by atoms with Crippen LogP contribution in [0.5, 0.6) is 0 Å². The van der Waals surface area contributed by atoms with Crippen LogP contribution in [0.3, 0.4) is 0 Å². The highest BCUT2D eigenvalue weighted by Gasteiger charge is 2.15. The van der Waals surface area contributed by atoms with Gasteiger partial charge in [0, 0.05) is 31.2 Å². The first-order valence-corrected chi connectivity index (χ1v) is 6.89. The number of anilines is 2. The number of hydrogen-bond acceptors (Lipinski definition) is 5. The number of H-pyrrole nitrogens is 2. The molecule has 1 aromatic carbocycles. The van der Waals surface area contributed by atoms with Crippen LogP contribution in [0.15, 0.2) is 30.6 Å². The van der Waals surface area contributed by atoms with Gasteiger partial charge in [0.25, 0.3) is 0 Å². The average molecular weight is 293 g/mol. The van der Waals surface area contributed by atoms with Crippen LogP contribution < -0.4 is 10.6 Å². The molecule has 3 aromatic heterocycles. The summed E-state index contributed by atoms with van der Waals surface area (Å²) in [7, 11) is 3.86. The number of rotatable bonds is 2. The van der Waals surface area contributed by atoms with Gasteiger partial charge in [-0.3, -0.25) is 5.10 Å². The summed E-state index contributed by atoms with van der Waals surface area (Å²) in [5.74, 6) is 1.04. The Bertz CT molecular complexity index is 980. The molecule has 0 spiro atoms. The van der Waals surface area contributed by atoms with Gasteiger partial charge >= 0.3 is 0 Å². The van der Waals surface area contributed by atoms with Crippen molar-refractivity contribution >= 4 is 33.7 Å². The van der Waals surface area contributed by atoms with Gasteiger partial charge < -0.3 is 15.6 Å². The number of nitrogens with one attached hydrogen (secondary N) is 2. The molecule has 0 saturated heterocycles. The maximum atomic E-state index is 5.86. The van der Waals surface area contributed by atoms with Gasteiger partial charge in [-0.2, -0.15) is 10.1 Å². The lowest BCUT2D eigenvalue weighted by Gasteiger charge is -2.12.